The Morgan fingerprint density at radius 1 is 1.45 bits per heavy atom. The first-order chi connectivity index (χ1) is 9.61. The molecule has 0 saturated heterocycles. The Kier molecular flexibility index (Phi) is 4.99. The molecule has 0 bridgehead atoms. The first-order valence-electron chi connectivity index (χ1n) is 7.62. The lowest BCUT2D eigenvalue weighted by Crippen LogP contribution is -2.38. The molecule has 1 amide bonds. The van der Waals surface area contributed by atoms with Crippen LogP contribution in [0.15, 0.2) is 18.3 Å². The second-order valence-corrected chi connectivity index (χ2v) is 5.85. The average Bonchev–Trinajstić information content (AvgIpc) is 3.26. The maximum atomic E-state index is 12.5. The zero-order chi connectivity index (χ0) is 14.5. The van der Waals surface area contributed by atoms with E-state index < -0.39 is 0 Å². The van der Waals surface area contributed by atoms with Crippen molar-refractivity contribution >= 4 is 11.7 Å². The lowest BCUT2D eigenvalue weighted by molar-refractivity contribution is 0.0696. The van der Waals surface area contributed by atoms with Crippen LogP contribution in [0, 0.1) is 5.92 Å². The summed E-state index contributed by atoms with van der Waals surface area (Å²) in [6.07, 6.45) is 5.26. The first-order valence-corrected chi connectivity index (χ1v) is 7.62. The van der Waals surface area contributed by atoms with E-state index in [1.54, 1.807) is 6.20 Å². The molecular formula is C16H25N3O. The van der Waals surface area contributed by atoms with Crippen molar-refractivity contribution < 1.29 is 4.79 Å². The molecule has 110 valence electrons. The van der Waals surface area contributed by atoms with Crippen molar-refractivity contribution in [1.82, 2.24) is 9.88 Å². The van der Waals surface area contributed by atoms with E-state index in [1.165, 1.54) is 12.8 Å². The predicted molar refractivity (Wildman–Crippen MR) is 81.9 cm³/mol. The summed E-state index contributed by atoms with van der Waals surface area (Å²) >= 11 is 0. The summed E-state index contributed by atoms with van der Waals surface area (Å²) in [6.45, 7) is 8.05. The number of hydrogen-bond acceptors (Lipinski definition) is 3. The molecule has 4 nitrogen and oxygen atoms in total. The standard InChI is InChI=1S/C16H25N3O/c1-4-9-17-15-8-7-14(10-18-15)16(20)19(12(2)3)11-13-5-6-13/h7-8,10,12-13H,4-6,9,11H2,1-3H3,(H,17,18). The molecule has 2 rings (SSSR count). The number of rotatable bonds is 7. The van der Waals surface area contributed by atoms with Gasteiger partial charge in [0.05, 0.1) is 5.56 Å². The summed E-state index contributed by atoms with van der Waals surface area (Å²) in [6, 6.07) is 4.00. The molecule has 0 spiro atoms. The van der Waals surface area contributed by atoms with Gasteiger partial charge in [-0.25, -0.2) is 4.98 Å². The van der Waals surface area contributed by atoms with Crippen LogP contribution in [-0.4, -0.2) is 34.9 Å². The van der Waals surface area contributed by atoms with Crippen LogP contribution in [0.25, 0.3) is 0 Å². The molecule has 1 heterocycles. The Morgan fingerprint density at radius 3 is 2.70 bits per heavy atom. The predicted octanol–water partition coefficient (Wildman–Crippen LogP) is 3.16. The maximum absolute atomic E-state index is 12.5. The van der Waals surface area contributed by atoms with Crippen molar-refractivity contribution in [3.05, 3.63) is 23.9 Å². The van der Waals surface area contributed by atoms with Crippen molar-refractivity contribution in [2.24, 2.45) is 5.92 Å². The number of carbonyl (C=O) groups is 1. The van der Waals surface area contributed by atoms with Gasteiger partial charge in [-0.15, -0.1) is 0 Å². The van der Waals surface area contributed by atoms with E-state index in [0.29, 0.717) is 11.5 Å². The Balaban J connectivity index is 2.02. The number of nitrogens with one attached hydrogen (secondary N) is 1. The summed E-state index contributed by atoms with van der Waals surface area (Å²) in [4.78, 5) is 18.8. The monoisotopic (exact) mass is 275 g/mol. The molecule has 1 aliphatic carbocycles. The van der Waals surface area contributed by atoms with Gasteiger partial charge in [-0.05, 0) is 51.2 Å². The van der Waals surface area contributed by atoms with Crippen LogP contribution in [0.2, 0.25) is 0 Å². The lowest BCUT2D eigenvalue weighted by Gasteiger charge is -2.26. The smallest absolute Gasteiger partial charge is 0.255 e. The second-order valence-electron chi connectivity index (χ2n) is 5.85. The summed E-state index contributed by atoms with van der Waals surface area (Å²) in [5.41, 5.74) is 0.682. The molecule has 20 heavy (non-hydrogen) atoms. The third-order valence-electron chi connectivity index (χ3n) is 3.60. The number of pyridine rings is 1. The normalized spacial score (nSPS) is 14.4. The maximum Gasteiger partial charge on any atom is 0.255 e. The van der Waals surface area contributed by atoms with Crippen LogP contribution in [-0.2, 0) is 0 Å². The van der Waals surface area contributed by atoms with E-state index in [-0.39, 0.29) is 11.9 Å². The third-order valence-corrected chi connectivity index (χ3v) is 3.60. The fourth-order valence-electron chi connectivity index (χ4n) is 2.15. The zero-order valence-corrected chi connectivity index (χ0v) is 12.7. The van der Waals surface area contributed by atoms with Gasteiger partial charge in [0, 0.05) is 25.3 Å². The van der Waals surface area contributed by atoms with Crippen LogP contribution in [0.3, 0.4) is 0 Å². The summed E-state index contributed by atoms with van der Waals surface area (Å²) in [5.74, 6) is 1.64. The third kappa shape index (κ3) is 3.95. The van der Waals surface area contributed by atoms with Crippen molar-refractivity contribution in [3.63, 3.8) is 0 Å². The molecule has 1 saturated carbocycles. The highest BCUT2D eigenvalue weighted by molar-refractivity contribution is 5.94. The van der Waals surface area contributed by atoms with Gasteiger partial charge in [0.15, 0.2) is 0 Å². The van der Waals surface area contributed by atoms with Crippen LogP contribution < -0.4 is 5.32 Å². The average molecular weight is 275 g/mol. The van der Waals surface area contributed by atoms with Crippen molar-refractivity contribution in [2.75, 3.05) is 18.4 Å². The zero-order valence-electron chi connectivity index (χ0n) is 12.7. The van der Waals surface area contributed by atoms with Gasteiger partial charge in [0.25, 0.3) is 5.91 Å². The van der Waals surface area contributed by atoms with Crippen molar-refractivity contribution in [3.8, 4) is 0 Å². The van der Waals surface area contributed by atoms with Gasteiger partial charge in [-0.3, -0.25) is 4.79 Å². The van der Waals surface area contributed by atoms with Crippen LogP contribution >= 0.6 is 0 Å². The van der Waals surface area contributed by atoms with Crippen LogP contribution in [0.4, 0.5) is 5.82 Å². The number of anilines is 1. The van der Waals surface area contributed by atoms with Crippen LogP contribution in [0.1, 0.15) is 50.4 Å². The topological polar surface area (TPSA) is 45.2 Å². The van der Waals surface area contributed by atoms with Gasteiger partial charge >= 0.3 is 0 Å². The largest absolute Gasteiger partial charge is 0.370 e. The lowest BCUT2D eigenvalue weighted by atomic mass is 10.2. The Labute approximate surface area is 121 Å². The van der Waals surface area contributed by atoms with E-state index in [0.717, 1.165) is 25.3 Å². The van der Waals surface area contributed by atoms with E-state index in [1.807, 2.05) is 17.0 Å². The van der Waals surface area contributed by atoms with Crippen molar-refractivity contribution in [1.29, 1.82) is 0 Å². The second kappa shape index (κ2) is 6.73. The minimum atomic E-state index is 0.0986. The first kappa shape index (κ1) is 14.8. The quantitative estimate of drug-likeness (QED) is 0.831. The molecule has 1 fully saturated rings. The highest BCUT2D eigenvalue weighted by atomic mass is 16.2. The molecular weight excluding hydrogens is 250 g/mol. The Morgan fingerprint density at radius 2 is 2.20 bits per heavy atom. The molecule has 0 radical (unpaired) electrons. The Bertz CT molecular complexity index is 438. The highest BCUT2D eigenvalue weighted by Crippen LogP contribution is 2.30. The van der Waals surface area contributed by atoms with Gasteiger partial charge < -0.3 is 10.2 Å². The Hall–Kier alpha value is -1.58. The summed E-state index contributed by atoms with van der Waals surface area (Å²) < 4.78 is 0. The SMILES string of the molecule is CCCNc1ccc(C(=O)N(CC2CC2)C(C)C)cn1. The molecule has 1 aliphatic rings. The number of hydrogen-bond donors (Lipinski definition) is 1. The van der Waals surface area contributed by atoms with E-state index in [4.69, 9.17) is 0 Å². The minimum absolute atomic E-state index is 0.0986. The van der Waals surface area contributed by atoms with E-state index >= 15 is 0 Å². The summed E-state index contributed by atoms with van der Waals surface area (Å²) in [7, 11) is 0. The van der Waals surface area contributed by atoms with E-state index in [9.17, 15) is 4.79 Å². The molecule has 0 atom stereocenters. The highest BCUT2D eigenvalue weighted by Gasteiger charge is 2.28. The number of nitrogens with zero attached hydrogens (tertiary/aromatic N) is 2. The molecule has 1 N–H and O–H groups in total. The van der Waals surface area contributed by atoms with Crippen molar-refractivity contribution in [2.45, 2.75) is 46.1 Å². The molecule has 0 aromatic carbocycles. The fraction of sp³-hybridized carbons (Fsp3) is 0.625. The molecule has 1 aromatic heterocycles. The molecule has 1 aromatic rings. The molecule has 0 aliphatic heterocycles. The number of amides is 1. The summed E-state index contributed by atoms with van der Waals surface area (Å²) in [5, 5.41) is 3.22. The van der Waals surface area contributed by atoms with Gasteiger partial charge in [-0.1, -0.05) is 6.92 Å². The minimum Gasteiger partial charge on any atom is -0.370 e. The van der Waals surface area contributed by atoms with Gasteiger partial charge in [0.1, 0.15) is 5.82 Å². The number of aromatic nitrogens is 1. The van der Waals surface area contributed by atoms with E-state index in [2.05, 4.69) is 31.1 Å². The van der Waals surface area contributed by atoms with Crippen LogP contribution in [0.5, 0.6) is 0 Å². The number of carbonyl (C=O) groups excluding carboxylic acids is 1. The fourth-order valence-corrected chi connectivity index (χ4v) is 2.15. The van der Waals surface area contributed by atoms with Gasteiger partial charge in [-0.2, -0.15) is 0 Å². The molecule has 4 heteroatoms. The van der Waals surface area contributed by atoms with Gasteiger partial charge in [0.2, 0.25) is 0 Å². The molecule has 0 unspecified atom stereocenters.